The number of para-hydroxylation sites is 2. The van der Waals surface area contributed by atoms with Crippen LogP contribution in [0.5, 0.6) is 5.75 Å². The van der Waals surface area contributed by atoms with Crippen molar-refractivity contribution in [1.82, 2.24) is 10.2 Å². The molecule has 0 saturated carbocycles. The molecule has 4 rings (SSSR count). The lowest BCUT2D eigenvalue weighted by molar-refractivity contribution is -0.136. The van der Waals surface area contributed by atoms with Crippen LogP contribution in [0.15, 0.2) is 42.5 Å². The van der Waals surface area contributed by atoms with Gasteiger partial charge in [0.05, 0.1) is 18.8 Å². The summed E-state index contributed by atoms with van der Waals surface area (Å²) >= 11 is 0. The van der Waals surface area contributed by atoms with Crippen LogP contribution in [0.1, 0.15) is 30.0 Å². The fourth-order valence-electron chi connectivity index (χ4n) is 4.50. The van der Waals surface area contributed by atoms with E-state index in [2.05, 4.69) is 45.7 Å². The maximum atomic E-state index is 12.5. The minimum atomic E-state index is -0.694. The van der Waals surface area contributed by atoms with Gasteiger partial charge in [-0.25, -0.2) is 0 Å². The summed E-state index contributed by atoms with van der Waals surface area (Å²) in [5.74, 6) is -0.821. The molecule has 2 heterocycles. The lowest BCUT2D eigenvalue weighted by Crippen LogP contribution is -2.41. The van der Waals surface area contributed by atoms with E-state index in [4.69, 9.17) is 4.74 Å². The second kappa shape index (κ2) is 9.39. The van der Waals surface area contributed by atoms with E-state index in [1.54, 1.807) is 18.2 Å². The lowest BCUT2D eigenvalue weighted by Gasteiger charge is -2.28. The third-order valence-electron chi connectivity index (χ3n) is 6.21. The van der Waals surface area contributed by atoms with Crippen molar-refractivity contribution in [2.75, 3.05) is 50.6 Å². The van der Waals surface area contributed by atoms with Gasteiger partial charge in [0.2, 0.25) is 0 Å². The molecule has 2 aromatic rings. The zero-order valence-corrected chi connectivity index (χ0v) is 18.2. The van der Waals surface area contributed by atoms with Gasteiger partial charge in [0.25, 0.3) is 0 Å². The van der Waals surface area contributed by atoms with E-state index in [-0.39, 0.29) is 6.04 Å². The molecule has 164 valence electrons. The summed E-state index contributed by atoms with van der Waals surface area (Å²) in [6.07, 6.45) is 3.36. The molecule has 0 aromatic heterocycles. The highest BCUT2D eigenvalue weighted by Gasteiger charge is 2.27. The second-order valence-electron chi connectivity index (χ2n) is 8.18. The van der Waals surface area contributed by atoms with Gasteiger partial charge in [-0.1, -0.05) is 24.3 Å². The molecule has 2 aliphatic heterocycles. The minimum absolute atomic E-state index is 0.0571. The van der Waals surface area contributed by atoms with Crippen LogP contribution >= 0.6 is 0 Å². The molecule has 1 fully saturated rings. The van der Waals surface area contributed by atoms with Gasteiger partial charge < -0.3 is 20.3 Å². The first kappa shape index (κ1) is 21.2. The molecule has 7 heteroatoms. The Bertz CT molecular complexity index is 956. The zero-order chi connectivity index (χ0) is 21.8. The van der Waals surface area contributed by atoms with E-state index in [1.807, 2.05) is 6.07 Å². The molecule has 0 aliphatic carbocycles. The van der Waals surface area contributed by atoms with Crippen molar-refractivity contribution in [3.8, 4) is 5.75 Å². The number of anilines is 2. The summed E-state index contributed by atoms with van der Waals surface area (Å²) in [5.41, 5.74) is 4.30. The summed E-state index contributed by atoms with van der Waals surface area (Å²) in [5, 5.41) is 5.49. The van der Waals surface area contributed by atoms with Gasteiger partial charge in [-0.05, 0) is 61.7 Å². The number of benzene rings is 2. The Balaban J connectivity index is 1.44. The Labute approximate surface area is 183 Å². The van der Waals surface area contributed by atoms with Crippen LogP contribution in [0.4, 0.5) is 11.4 Å². The van der Waals surface area contributed by atoms with Crippen LogP contribution in [0.3, 0.4) is 0 Å². The average Bonchev–Trinajstić information content (AvgIpc) is 3.44. The zero-order valence-electron chi connectivity index (χ0n) is 18.2. The van der Waals surface area contributed by atoms with E-state index in [0.29, 0.717) is 18.0 Å². The highest BCUT2D eigenvalue weighted by molar-refractivity contribution is 6.39. The fourth-order valence-corrected chi connectivity index (χ4v) is 4.50. The molecule has 0 bridgehead atoms. The summed E-state index contributed by atoms with van der Waals surface area (Å²) in [6, 6.07) is 13.7. The largest absolute Gasteiger partial charge is 0.495 e. The highest BCUT2D eigenvalue weighted by Crippen LogP contribution is 2.32. The number of amides is 2. The molecule has 1 atom stereocenters. The van der Waals surface area contributed by atoms with Crippen LogP contribution in [-0.4, -0.2) is 57.1 Å². The molecule has 2 amide bonds. The standard InChI is InChI=1S/C24H30N4O3/c1-27-14-11-18-15-17(9-10-20(18)27)21(28-12-5-6-13-28)16-25-23(29)24(30)26-19-7-3-4-8-22(19)31-2/h3-4,7-10,15,21H,5-6,11-14,16H2,1-2H3,(H,25,29)(H,26,30)/t21-/m0/s1. The first-order valence-electron chi connectivity index (χ1n) is 10.9. The Kier molecular flexibility index (Phi) is 6.42. The molecule has 2 N–H and O–H groups in total. The number of nitrogens with one attached hydrogen (secondary N) is 2. The van der Waals surface area contributed by atoms with Crippen LogP contribution in [0, 0.1) is 0 Å². The Morgan fingerprint density at radius 1 is 1.06 bits per heavy atom. The average molecular weight is 423 g/mol. The molecule has 0 radical (unpaired) electrons. The number of carbonyl (C=O) groups excluding carboxylic acids is 2. The van der Waals surface area contributed by atoms with Crippen LogP contribution < -0.4 is 20.3 Å². The molecule has 7 nitrogen and oxygen atoms in total. The topological polar surface area (TPSA) is 73.9 Å². The molecule has 0 spiro atoms. The van der Waals surface area contributed by atoms with E-state index in [9.17, 15) is 9.59 Å². The second-order valence-corrected chi connectivity index (χ2v) is 8.18. The third kappa shape index (κ3) is 4.66. The quantitative estimate of drug-likeness (QED) is 0.700. The van der Waals surface area contributed by atoms with Crippen LogP contribution in [0.25, 0.3) is 0 Å². The summed E-state index contributed by atoms with van der Waals surface area (Å²) in [6.45, 7) is 3.44. The molecule has 2 aliphatic rings. The van der Waals surface area contributed by atoms with Gasteiger partial charge in [-0.3, -0.25) is 14.5 Å². The first-order chi connectivity index (χ1) is 15.1. The maximum Gasteiger partial charge on any atom is 0.313 e. The number of carbonyl (C=O) groups is 2. The van der Waals surface area contributed by atoms with Gasteiger partial charge in [0.15, 0.2) is 0 Å². The number of ether oxygens (including phenoxy) is 1. The number of nitrogens with zero attached hydrogens (tertiary/aromatic N) is 2. The van der Waals surface area contributed by atoms with Gasteiger partial charge >= 0.3 is 11.8 Å². The highest BCUT2D eigenvalue weighted by atomic mass is 16.5. The minimum Gasteiger partial charge on any atom is -0.495 e. The van der Waals surface area contributed by atoms with Crippen LogP contribution in [0.2, 0.25) is 0 Å². The molecule has 1 saturated heterocycles. The smallest absolute Gasteiger partial charge is 0.313 e. The Morgan fingerprint density at radius 2 is 1.84 bits per heavy atom. The van der Waals surface area contributed by atoms with Crippen molar-refractivity contribution >= 4 is 23.2 Å². The Morgan fingerprint density at radius 3 is 2.61 bits per heavy atom. The predicted molar refractivity (Wildman–Crippen MR) is 122 cm³/mol. The van der Waals surface area contributed by atoms with E-state index >= 15 is 0 Å². The van der Waals surface area contributed by atoms with Crippen molar-refractivity contribution < 1.29 is 14.3 Å². The van der Waals surface area contributed by atoms with Crippen molar-refractivity contribution in [2.24, 2.45) is 0 Å². The number of hydrogen-bond donors (Lipinski definition) is 2. The SMILES string of the molecule is COc1ccccc1NC(=O)C(=O)NC[C@@H](c1ccc2c(c1)CCN2C)N1CCCC1. The van der Waals surface area contributed by atoms with Crippen molar-refractivity contribution in [3.63, 3.8) is 0 Å². The Hall–Kier alpha value is -3.06. The van der Waals surface area contributed by atoms with Crippen LogP contribution in [-0.2, 0) is 16.0 Å². The fraction of sp³-hybridized carbons (Fsp3) is 0.417. The summed E-state index contributed by atoms with van der Waals surface area (Å²) in [7, 11) is 3.64. The number of hydrogen-bond acceptors (Lipinski definition) is 5. The van der Waals surface area contributed by atoms with Crippen molar-refractivity contribution in [3.05, 3.63) is 53.6 Å². The predicted octanol–water partition coefficient (Wildman–Crippen LogP) is 2.58. The number of rotatable bonds is 6. The number of methoxy groups -OCH3 is 1. The van der Waals surface area contributed by atoms with Gasteiger partial charge in [0.1, 0.15) is 5.75 Å². The first-order valence-corrected chi connectivity index (χ1v) is 10.9. The number of likely N-dealkylation sites (tertiary alicyclic amines) is 1. The summed E-state index contributed by atoms with van der Waals surface area (Å²) < 4.78 is 5.24. The monoisotopic (exact) mass is 422 g/mol. The third-order valence-corrected chi connectivity index (χ3v) is 6.21. The number of likely N-dealkylation sites (N-methyl/N-ethyl adjacent to an activating group) is 1. The molecular weight excluding hydrogens is 392 g/mol. The van der Waals surface area contributed by atoms with E-state index in [0.717, 1.165) is 38.9 Å². The maximum absolute atomic E-state index is 12.5. The normalized spacial score (nSPS) is 16.6. The van der Waals surface area contributed by atoms with E-state index < -0.39 is 11.8 Å². The van der Waals surface area contributed by atoms with Gasteiger partial charge in [-0.2, -0.15) is 0 Å². The lowest BCUT2D eigenvalue weighted by atomic mass is 10.0. The van der Waals surface area contributed by atoms with Crippen molar-refractivity contribution in [2.45, 2.75) is 25.3 Å². The van der Waals surface area contributed by atoms with Gasteiger partial charge in [0, 0.05) is 25.8 Å². The van der Waals surface area contributed by atoms with Crippen molar-refractivity contribution in [1.29, 1.82) is 0 Å². The summed E-state index contributed by atoms with van der Waals surface area (Å²) in [4.78, 5) is 29.7. The molecule has 31 heavy (non-hydrogen) atoms. The number of fused-ring (bicyclic) bond motifs is 1. The van der Waals surface area contributed by atoms with Gasteiger partial charge in [-0.15, -0.1) is 0 Å². The molecular formula is C24H30N4O3. The van der Waals surface area contributed by atoms with E-state index in [1.165, 1.54) is 23.9 Å². The molecule has 2 aromatic carbocycles. The molecule has 0 unspecified atom stereocenters.